The second-order valence-electron chi connectivity index (χ2n) is 4.19. The van der Waals surface area contributed by atoms with Gasteiger partial charge in [-0.25, -0.2) is 26.0 Å². The van der Waals surface area contributed by atoms with Crippen molar-refractivity contribution in [2.45, 2.75) is 4.90 Å². The lowest BCUT2D eigenvalue weighted by atomic mass is 10.3. The first-order chi connectivity index (χ1) is 10.8. The number of alkyl halides is 1. The second-order valence-corrected chi connectivity index (χ2v) is 6.63. The van der Waals surface area contributed by atoms with Crippen molar-refractivity contribution in [3.63, 3.8) is 0 Å². The summed E-state index contributed by atoms with van der Waals surface area (Å²) >= 11 is 2.58. The molecule has 2 aromatic carbocycles. The Kier molecular flexibility index (Phi) is 5.15. The van der Waals surface area contributed by atoms with Crippen LogP contribution in [0.15, 0.2) is 39.7 Å². The Labute approximate surface area is 137 Å². The summed E-state index contributed by atoms with van der Waals surface area (Å²) in [7, 11) is -4.43. The van der Waals surface area contributed by atoms with E-state index in [0.717, 1.165) is 0 Å². The standard InChI is InChI=1S/C13H8BrF4NO3S/c14-11-10(5-9(16)12(17)13(11)18)23(20,21)19-7-2-1-3-8(4-7)22-6-15/h1-5,19H,6H2. The number of hydrogen-bond donors (Lipinski definition) is 1. The van der Waals surface area contributed by atoms with Crippen molar-refractivity contribution in [1.82, 2.24) is 0 Å². The maximum Gasteiger partial charge on any atom is 0.263 e. The maximum absolute atomic E-state index is 13.5. The minimum Gasteiger partial charge on any atom is -0.463 e. The smallest absolute Gasteiger partial charge is 0.263 e. The number of sulfonamides is 1. The van der Waals surface area contributed by atoms with Crippen molar-refractivity contribution < 1.29 is 30.7 Å². The Hall–Kier alpha value is -1.81. The fraction of sp³-hybridized carbons (Fsp3) is 0.0769. The molecule has 0 radical (unpaired) electrons. The molecule has 0 saturated carbocycles. The van der Waals surface area contributed by atoms with Crippen LogP contribution in [0.2, 0.25) is 0 Å². The van der Waals surface area contributed by atoms with Crippen LogP contribution in [0.25, 0.3) is 0 Å². The summed E-state index contributed by atoms with van der Waals surface area (Å²) in [4.78, 5) is -0.828. The molecule has 124 valence electrons. The van der Waals surface area contributed by atoms with Crippen LogP contribution in [0.3, 0.4) is 0 Å². The predicted octanol–water partition coefficient (Wildman–Crippen LogP) is 3.97. The van der Waals surface area contributed by atoms with E-state index in [1.165, 1.54) is 24.3 Å². The zero-order chi connectivity index (χ0) is 17.2. The molecular weight excluding hydrogens is 406 g/mol. The molecular formula is C13H8BrF4NO3S. The molecule has 23 heavy (non-hydrogen) atoms. The third kappa shape index (κ3) is 3.75. The monoisotopic (exact) mass is 413 g/mol. The molecule has 0 amide bonds. The van der Waals surface area contributed by atoms with Crippen LogP contribution < -0.4 is 9.46 Å². The summed E-state index contributed by atoms with van der Waals surface area (Å²) < 4.78 is 82.2. The molecule has 0 saturated heterocycles. The first-order valence-electron chi connectivity index (χ1n) is 5.91. The lowest BCUT2D eigenvalue weighted by Gasteiger charge is -2.11. The Morgan fingerprint density at radius 3 is 2.48 bits per heavy atom. The van der Waals surface area contributed by atoms with Gasteiger partial charge in [0.25, 0.3) is 10.0 Å². The highest BCUT2D eigenvalue weighted by Gasteiger charge is 2.25. The van der Waals surface area contributed by atoms with Crippen LogP contribution in [0.4, 0.5) is 23.2 Å². The topological polar surface area (TPSA) is 55.4 Å². The van der Waals surface area contributed by atoms with E-state index in [1.54, 1.807) is 0 Å². The quantitative estimate of drug-likeness (QED) is 0.458. The van der Waals surface area contributed by atoms with Gasteiger partial charge in [0.05, 0.1) is 10.2 Å². The minimum absolute atomic E-state index is 0.0343. The molecule has 2 rings (SSSR count). The molecule has 2 aromatic rings. The summed E-state index contributed by atoms with van der Waals surface area (Å²) in [6.07, 6.45) is 0. The molecule has 0 aliphatic rings. The van der Waals surface area contributed by atoms with E-state index < -0.39 is 43.7 Å². The van der Waals surface area contributed by atoms with Crippen molar-refractivity contribution in [2.24, 2.45) is 0 Å². The maximum atomic E-state index is 13.5. The largest absolute Gasteiger partial charge is 0.463 e. The van der Waals surface area contributed by atoms with E-state index in [-0.39, 0.29) is 11.4 Å². The van der Waals surface area contributed by atoms with Crippen molar-refractivity contribution in [2.75, 3.05) is 11.6 Å². The Bertz CT molecular complexity index is 845. The molecule has 0 bridgehead atoms. The molecule has 0 heterocycles. The van der Waals surface area contributed by atoms with Gasteiger partial charge in [-0.1, -0.05) is 6.07 Å². The molecule has 0 fully saturated rings. The van der Waals surface area contributed by atoms with Gasteiger partial charge in [-0.2, -0.15) is 0 Å². The Morgan fingerprint density at radius 2 is 1.83 bits per heavy atom. The molecule has 1 N–H and O–H groups in total. The lowest BCUT2D eigenvalue weighted by molar-refractivity contribution is 0.192. The molecule has 0 unspecified atom stereocenters. The van der Waals surface area contributed by atoms with Gasteiger partial charge in [-0.15, -0.1) is 0 Å². The van der Waals surface area contributed by atoms with Crippen LogP contribution in [0, 0.1) is 17.5 Å². The lowest BCUT2D eigenvalue weighted by Crippen LogP contribution is -2.15. The summed E-state index contributed by atoms with van der Waals surface area (Å²) in [5.41, 5.74) is -0.0343. The fourth-order valence-corrected chi connectivity index (χ4v) is 3.73. The van der Waals surface area contributed by atoms with Gasteiger partial charge in [0.1, 0.15) is 10.6 Å². The van der Waals surface area contributed by atoms with E-state index >= 15 is 0 Å². The van der Waals surface area contributed by atoms with Gasteiger partial charge in [0, 0.05) is 6.07 Å². The highest BCUT2D eigenvalue weighted by molar-refractivity contribution is 9.10. The molecule has 0 aromatic heterocycles. The number of halogens is 5. The third-order valence-electron chi connectivity index (χ3n) is 2.67. The van der Waals surface area contributed by atoms with Gasteiger partial charge < -0.3 is 4.74 Å². The van der Waals surface area contributed by atoms with Gasteiger partial charge in [-0.05, 0) is 34.1 Å². The Balaban J connectivity index is 2.42. The van der Waals surface area contributed by atoms with Crippen LogP contribution in [0.5, 0.6) is 5.75 Å². The van der Waals surface area contributed by atoms with Crippen LogP contribution >= 0.6 is 15.9 Å². The van der Waals surface area contributed by atoms with E-state index in [0.29, 0.717) is 6.07 Å². The number of anilines is 1. The predicted molar refractivity (Wildman–Crippen MR) is 77.9 cm³/mol. The van der Waals surface area contributed by atoms with E-state index in [4.69, 9.17) is 0 Å². The van der Waals surface area contributed by atoms with Crippen molar-refractivity contribution in [3.8, 4) is 5.75 Å². The van der Waals surface area contributed by atoms with Gasteiger partial charge in [0.15, 0.2) is 17.5 Å². The average Bonchev–Trinajstić information content (AvgIpc) is 2.49. The molecule has 0 aliphatic carbocycles. The number of rotatable bonds is 5. The number of hydrogen-bond acceptors (Lipinski definition) is 3. The highest BCUT2D eigenvalue weighted by atomic mass is 79.9. The SMILES string of the molecule is O=S(=O)(Nc1cccc(OCF)c1)c1cc(F)c(F)c(F)c1Br. The summed E-state index contributed by atoms with van der Waals surface area (Å²) in [6.45, 7) is -1.11. The number of nitrogens with one attached hydrogen (secondary N) is 1. The van der Waals surface area contributed by atoms with Crippen LogP contribution in [-0.2, 0) is 10.0 Å². The second kappa shape index (κ2) is 6.75. The molecule has 0 spiro atoms. The molecule has 0 aliphatic heterocycles. The molecule has 4 nitrogen and oxygen atoms in total. The third-order valence-corrected chi connectivity index (χ3v) is 5.11. The van der Waals surface area contributed by atoms with E-state index in [2.05, 4.69) is 20.7 Å². The summed E-state index contributed by atoms with van der Waals surface area (Å²) in [6, 6.07) is 5.58. The molecule has 0 atom stereocenters. The van der Waals surface area contributed by atoms with Gasteiger partial charge >= 0.3 is 0 Å². The van der Waals surface area contributed by atoms with Crippen molar-refractivity contribution in [1.29, 1.82) is 0 Å². The zero-order valence-corrected chi connectivity index (χ0v) is 13.5. The average molecular weight is 414 g/mol. The minimum atomic E-state index is -4.43. The zero-order valence-electron chi connectivity index (χ0n) is 11.1. The van der Waals surface area contributed by atoms with Crippen LogP contribution in [-0.4, -0.2) is 15.3 Å². The molecule has 10 heteroatoms. The fourth-order valence-electron chi connectivity index (χ4n) is 1.67. The number of ether oxygens (including phenoxy) is 1. The highest BCUT2D eigenvalue weighted by Crippen LogP contribution is 2.30. The normalized spacial score (nSPS) is 11.3. The van der Waals surface area contributed by atoms with Crippen LogP contribution in [0.1, 0.15) is 0 Å². The Morgan fingerprint density at radius 1 is 1.13 bits per heavy atom. The first-order valence-corrected chi connectivity index (χ1v) is 8.18. The van der Waals surface area contributed by atoms with Crippen molar-refractivity contribution in [3.05, 3.63) is 52.3 Å². The summed E-state index contributed by atoms with van der Waals surface area (Å²) in [5, 5.41) is 0. The van der Waals surface area contributed by atoms with E-state index in [9.17, 15) is 26.0 Å². The van der Waals surface area contributed by atoms with E-state index in [1.807, 2.05) is 4.72 Å². The number of benzene rings is 2. The summed E-state index contributed by atoms with van der Waals surface area (Å²) in [5.74, 6) is -5.07. The van der Waals surface area contributed by atoms with Gasteiger partial charge in [-0.3, -0.25) is 4.72 Å². The van der Waals surface area contributed by atoms with Crippen molar-refractivity contribution >= 4 is 31.6 Å². The first kappa shape index (κ1) is 17.5. The van der Waals surface area contributed by atoms with Gasteiger partial charge in [0.2, 0.25) is 6.86 Å².